The van der Waals surface area contributed by atoms with E-state index in [-0.39, 0.29) is 22.6 Å². The summed E-state index contributed by atoms with van der Waals surface area (Å²) < 4.78 is 0. The second-order valence-corrected chi connectivity index (χ2v) is 3.78. The molecule has 1 aliphatic heterocycles. The molecule has 3 nitrogen and oxygen atoms in total. The number of rotatable bonds is 0. The Morgan fingerprint density at radius 3 is 2.00 bits per heavy atom. The summed E-state index contributed by atoms with van der Waals surface area (Å²) in [5.74, 6) is -0.125. The Bertz CT molecular complexity index is 254. The number of nitrogens with one attached hydrogen (secondary N) is 1. The van der Waals surface area contributed by atoms with Gasteiger partial charge < -0.3 is 5.32 Å². The quantitative estimate of drug-likeness (QED) is 0.408. The molecule has 0 unspecified atom stereocenters. The van der Waals surface area contributed by atoms with Crippen LogP contribution in [0.3, 0.4) is 0 Å². The van der Waals surface area contributed by atoms with Gasteiger partial charge >= 0.3 is 0 Å². The van der Waals surface area contributed by atoms with E-state index in [1.807, 2.05) is 0 Å². The summed E-state index contributed by atoms with van der Waals surface area (Å²) in [6, 6.07) is 0. The van der Waals surface area contributed by atoms with Gasteiger partial charge in [-0.15, -0.1) is 0 Å². The first-order valence-corrected chi connectivity index (χ1v) is 4.09. The number of carbonyl (C=O) groups is 2. The molecule has 1 aliphatic carbocycles. The van der Waals surface area contributed by atoms with Crippen molar-refractivity contribution in [1.82, 2.24) is 5.32 Å². The topological polar surface area (TPSA) is 46.2 Å². The minimum atomic E-state index is -0.0623. The number of Topliss-reactive ketones (excluding diaryl/α,β-unsaturated/α-hetero) is 2. The number of allylic oxidation sites excluding steroid dienone is 1. The number of hydrogen-bond donors (Lipinski definition) is 1. The lowest BCUT2D eigenvalue weighted by atomic mass is 9.68. The van der Waals surface area contributed by atoms with Crippen molar-refractivity contribution in [2.45, 2.75) is 12.8 Å². The lowest BCUT2D eigenvalue weighted by molar-refractivity contribution is -0.129. The maximum atomic E-state index is 11.3. The molecule has 0 aromatic heterocycles. The van der Waals surface area contributed by atoms with Crippen molar-refractivity contribution in [3.63, 3.8) is 0 Å². The first kappa shape index (κ1) is 7.68. The van der Waals surface area contributed by atoms with Gasteiger partial charge in [0.05, 0.1) is 5.57 Å². The maximum Gasteiger partial charge on any atom is 0.166 e. The van der Waals surface area contributed by atoms with Gasteiger partial charge in [-0.1, -0.05) is 6.58 Å². The van der Waals surface area contributed by atoms with Crippen molar-refractivity contribution >= 4 is 11.6 Å². The summed E-state index contributed by atoms with van der Waals surface area (Å²) in [5.41, 5.74) is 0.155. The van der Waals surface area contributed by atoms with Crippen LogP contribution in [-0.4, -0.2) is 24.7 Å². The van der Waals surface area contributed by atoms with Crippen LogP contribution in [0.5, 0.6) is 0 Å². The van der Waals surface area contributed by atoms with Crippen molar-refractivity contribution < 1.29 is 9.59 Å². The van der Waals surface area contributed by atoms with Gasteiger partial charge in [-0.25, -0.2) is 0 Å². The van der Waals surface area contributed by atoms with Crippen LogP contribution >= 0.6 is 0 Å². The molecular weight excluding hydrogens is 154 g/mol. The second-order valence-electron chi connectivity index (χ2n) is 3.78. The van der Waals surface area contributed by atoms with Crippen LogP contribution in [-0.2, 0) is 9.59 Å². The third-order valence-electron chi connectivity index (χ3n) is 2.74. The van der Waals surface area contributed by atoms with E-state index in [1.165, 1.54) is 0 Å². The summed E-state index contributed by atoms with van der Waals surface area (Å²) in [7, 11) is 0. The Morgan fingerprint density at radius 1 is 1.17 bits per heavy atom. The molecule has 0 aromatic rings. The molecule has 2 rings (SSSR count). The van der Waals surface area contributed by atoms with Gasteiger partial charge in [0.25, 0.3) is 0 Å². The van der Waals surface area contributed by atoms with Crippen LogP contribution in [0, 0.1) is 5.41 Å². The first-order chi connectivity index (χ1) is 5.63. The second kappa shape index (κ2) is 2.26. The highest BCUT2D eigenvalue weighted by molar-refractivity contribution is 6.21. The summed E-state index contributed by atoms with van der Waals surface area (Å²) in [6.07, 6.45) is 1.01. The average Bonchev–Trinajstić information content (AvgIpc) is 1.96. The largest absolute Gasteiger partial charge is 0.315 e. The highest BCUT2D eigenvalue weighted by Gasteiger charge is 2.45. The molecule has 2 aliphatic rings. The SMILES string of the molecule is C=C1C(=O)CC2(CNC2)CC1=O. The van der Waals surface area contributed by atoms with Crippen LogP contribution in [0.4, 0.5) is 0 Å². The van der Waals surface area contributed by atoms with E-state index in [4.69, 9.17) is 0 Å². The monoisotopic (exact) mass is 165 g/mol. The molecule has 1 N–H and O–H groups in total. The van der Waals surface area contributed by atoms with E-state index in [2.05, 4.69) is 11.9 Å². The molecule has 1 saturated heterocycles. The molecule has 3 heteroatoms. The molecule has 1 saturated carbocycles. The summed E-state index contributed by atoms with van der Waals surface area (Å²) >= 11 is 0. The molecule has 0 bridgehead atoms. The predicted molar refractivity (Wildman–Crippen MR) is 43.7 cm³/mol. The van der Waals surface area contributed by atoms with Gasteiger partial charge in [0.1, 0.15) is 0 Å². The molecule has 0 aromatic carbocycles. The molecule has 1 spiro atoms. The van der Waals surface area contributed by atoms with Gasteiger partial charge in [-0.05, 0) is 0 Å². The molecule has 2 fully saturated rings. The minimum absolute atomic E-state index is 0.0463. The average molecular weight is 165 g/mol. The van der Waals surface area contributed by atoms with Gasteiger partial charge in [0.2, 0.25) is 0 Å². The van der Waals surface area contributed by atoms with E-state index >= 15 is 0 Å². The summed E-state index contributed by atoms with van der Waals surface area (Å²) in [4.78, 5) is 22.5. The van der Waals surface area contributed by atoms with E-state index in [1.54, 1.807) is 0 Å². The Morgan fingerprint density at radius 2 is 1.67 bits per heavy atom. The van der Waals surface area contributed by atoms with Gasteiger partial charge in [0, 0.05) is 31.3 Å². The lowest BCUT2D eigenvalue weighted by Gasteiger charge is -2.44. The molecule has 1 heterocycles. The zero-order valence-electron chi connectivity index (χ0n) is 6.85. The Balaban J connectivity index is 2.20. The predicted octanol–water partition coefficient (Wildman–Crippen LogP) is 0.0642. The molecule has 0 amide bonds. The van der Waals surface area contributed by atoms with Gasteiger partial charge in [-0.3, -0.25) is 9.59 Å². The molecule has 0 atom stereocenters. The fourth-order valence-electron chi connectivity index (χ4n) is 1.84. The molecule has 64 valence electrons. The third-order valence-corrected chi connectivity index (χ3v) is 2.74. The van der Waals surface area contributed by atoms with Crippen LogP contribution < -0.4 is 5.32 Å². The smallest absolute Gasteiger partial charge is 0.166 e. The molecule has 0 radical (unpaired) electrons. The standard InChI is InChI=1S/C9H11NO2/c1-6-7(11)2-9(3-8(6)12)4-10-5-9/h10H,1-5H2. The van der Waals surface area contributed by atoms with Crippen molar-refractivity contribution in [3.05, 3.63) is 12.2 Å². The highest BCUT2D eigenvalue weighted by Crippen LogP contribution is 2.37. The fourth-order valence-corrected chi connectivity index (χ4v) is 1.84. The van der Waals surface area contributed by atoms with Crippen molar-refractivity contribution in [1.29, 1.82) is 0 Å². The Hall–Kier alpha value is -0.960. The van der Waals surface area contributed by atoms with E-state index in [0.717, 1.165) is 13.1 Å². The maximum absolute atomic E-state index is 11.3. The van der Waals surface area contributed by atoms with Crippen LogP contribution in [0.15, 0.2) is 12.2 Å². The summed E-state index contributed by atoms with van der Waals surface area (Å²) in [5, 5.41) is 3.09. The number of ketones is 2. The van der Waals surface area contributed by atoms with E-state index < -0.39 is 0 Å². The van der Waals surface area contributed by atoms with Gasteiger partial charge in [-0.2, -0.15) is 0 Å². The van der Waals surface area contributed by atoms with E-state index in [9.17, 15) is 9.59 Å². The van der Waals surface area contributed by atoms with Crippen LogP contribution in [0.25, 0.3) is 0 Å². The Labute approximate surface area is 70.8 Å². The lowest BCUT2D eigenvalue weighted by Crippen LogP contribution is -2.57. The Kier molecular flexibility index (Phi) is 1.45. The zero-order chi connectivity index (χ0) is 8.77. The van der Waals surface area contributed by atoms with Crippen LogP contribution in [0.1, 0.15) is 12.8 Å². The zero-order valence-corrected chi connectivity index (χ0v) is 6.85. The minimum Gasteiger partial charge on any atom is -0.315 e. The first-order valence-electron chi connectivity index (χ1n) is 4.09. The normalized spacial score (nSPS) is 27.5. The number of hydrogen-bond acceptors (Lipinski definition) is 3. The van der Waals surface area contributed by atoms with Crippen LogP contribution in [0.2, 0.25) is 0 Å². The highest BCUT2D eigenvalue weighted by atomic mass is 16.1. The van der Waals surface area contributed by atoms with Crippen molar-refractivity contribution in [3.8, 4) is 0 Å². The number of carbonyl (C=O) groups excluding carboxylic acids is 2. The third kappa shape index (κ3) is 0.932. The molecular formula is C9H11NO2. The van der Waals surface area contributed by atoms with E-state index in [0.29, 0.717) is 12.8 Å². The summed E-state index contributed by atoms with van der Waals surface area (Å²) in [6.45, 7) is 5.09. The van der Waals surface area contributed by atoms with Crippen molar-refractivity contribution in [2.24, 2.45) is 5.41 Å². The molecule has 12 heavy (non-hydrogen) atoms. The van der Waals surface area contributed by atoms with Crippen molar-refractivity contribution in [2.75, 3.05) is 13.1 Å². The van der Waals surface area contributed by atoms with Gasteiger partial charge in [0.15, 0.2) is 11.6 Å². The fraction of sp³-hybridized carbons (Fsp3) is 0.556.